The molecule has 110 valence electrons. The molecule has 1 aliphatic heterocycles. The number of para-hydroxylation sites is 1. The number of benzene rings is 1. The second-order valence-electron chi connectivity index (χ2n) is 5.10. The van der Waals surface area contributed by atoms with Gasteiger partial charge in [-0.1, -0.05) is 18.2 Å². The molecule has 2 heterocycles. The number of amides is 1. The third kappa shape index (κ3) is 3.47. The summed E-state index contributed by atoms with van der Waals surface area (Å²) in [5, 5.41) is 0. The number of halogens is 1. The van der Waals surface area contributed by atoms with Gasteiger partial charge in [0, 0.05) is 25.2 Å². The molecular weight excluding hydrogens is 332 g/mol. The Balaban J connectivity index is 1.50. The van der Waals surface area contributed by atoms with Gasteiger partial charge >= 0.3 is 0 Å². The van der Waals surface area contributed by atoms with E-state index in [1.54, 1.807) is 0 Å². The Kier molecular flexibility index (Phi) is 4.29. The van der Waals surface area contributed by atoms with Gasteiger partial charge in [-0.3, -0.25) is 4.79 Å². The minimum atomic E-state index is 0.147. The monoisotopic (exact) mass is 348 g/mol. The van der Waals surface area contributed by atoms with Crippen molar-refractivity contribution in [1.82, 2.24) is 9.88 Å². The predicted octanol–water partition coefficient (Wildman–Crippen LogP) is 3.13. The molecule has 0 bridgehead atoms. The van der Waals surface area contributed by atoms with Gasteiger partial charge in [0.2, 0.25) is 5.91 Å². The minimum absolute atomic E-state index is 0.147. The first-order valence-electron chi connectivity index (χ1n) is 7.04. The lowest BCUT2D eigenvalue weighted by Gasteiger charge is -2.27. The van der Waals surface area contributed by atoms with Crippen LogP contribution in [0, 0.1) is 0 Å². The molecule has 0 saturated carbocycles. The fourth-order valence-electron chi connectivity index (χ4n) is 2.54. The summed E-state index contributed by atoms with van der Waals surface area (Å²) in [5.41, 5.74) is 2.43. The topological polar surface area (TPSA) is 45.3 Å². The molecule has 0 saturated heterocycles. The Bertz CT molecular complexity index is 624. The van der Waals surface area contributed by atoms with Crippen LogP contribution < -0.4 is 4.74 Å². The van der Waals surface area contributed by atoms with Gasteiger partial charge < -0.3 is 14.6 Å². The van der Waals surface area contributed by atoms with Gasteiger partial charge in [0.15, 0.2) is 0 Å². The highest BCUT2D eigenvalue weighted by atomic mass is 79.9. The number of fused-ring (bicyclic) bond motifs is 1. The van der Waals surface area contributed by atoms with Crippen molar-refractivity contribution in [3.05, 3.63) is 52.3 Å². The van der Waals surface area contributed by atoms with Crippen LogP contribution in [0.4, 0.5) is 0 Å². The van der Waals surface area contributed by atoms with Crippen LogP contribution in [0.15, 0.2) is 41.0 Å². The highest BCUT2D eigenvalue weighted by Crippen LogP contribution is 2.22. The molecule has 1 amide bonds. The first-order chi connectivity index (χ1) is 10.2. The molecule has 0 fully saturated rings. The fraction of sp³-hybridized carbons (Fsp3) is 0.312. The van der Waals surface area contributed by atoms with Crippen molar-refractivity contribution in [2.24, 2.45) is 0 Å². The Hall–Kier alpha value is -1.75. The molecule has 21 heavy (non-hydrogen) atoms. The number of carbonyl (C=O) groups excluding carboxylic acids is 1. The molecule has 1 aromatic heterocycles. The summed E-state index contributed by atoms with van der Waals surface area (Å²) < 4.78 is 6.56. The third-order valence-corrected chi connectivity index (χ3v) is 4.06. The van der Waals surface area contributed by atoms with E-state index in [1.807, 2.05) is 35.2 Å². The maximum absolute atomic E-state index is 12.2. The van der Waals surface area contributed by atoms with E-state index in [0.717, 1.165) is 23.3 Å². The van der Waals surface area contributed by atoms with E-state index in [2.05, 4.69) is 27.0 Å². The van der Waals surface area contributed by atoms with Gasteiger partial charge in [0.1, 0.15) is 5.75 Å². The zero-order valence-electron chi connectivity index (χ0n) is 11.6. The molecule has 0 spiro atoms. The average Bonchev–Trinajstić information content (AvgIpc) is 2.87. The number of hydrogen-bond donors (Lipinski definition) is 1. The van der Waals surface area contributed by atoms with Crippen LogP contribution in [0.5, 0.6) is 5.75 Å². The maximum Gasteiger partial charge on any atom is 0.226 e. The molecule has 5 heteroatoms. The molecule has 4 nitrogen and oxygen atoms in total. The van der Waals surface area contributed by atoms with E-state index >= 15 is 0 Å². The SMILES string of the molecule is O=C(CCOc1ccccc1)N1CCc2[nH]c(Br)cc2C1. The molecule has 1 N–H and O–H groups in total. The van der Waals surface area contributed by atoms with Crippen LogP contribution in [0.25, 0.3) is 0 Å². The number of aromatic nitrogens is 1. The summed E-state index contributed by atoms with van der Waals surface area (Å²) in [6.07, 6.45) is 1.29. The molecular formula is C16H17BrN2O2. The number of nitrogens with one attached hydrogen (secondary N) is 1. The summed E-state index contributed by atoms with van der Waals surface area (Å²) in [7, 11) is 0. The van der Waals surface area contributed by atoms with Gasteiger partial charge in [-0.25, -0.2) is 0 Å². The van der Waals surface area contributed by atoms with Crippen LogP contribution in [-0.4, -0.2) is 28.9 Å². The molecule has 3 rings (SSSR count). The highest BCUT2D eigenvalue weighted by Gasteiger charge is 2.21. The Labute approximate surface area is 132 Å². The standard InChI is InChI=1S/C16H17BrN2O2/c17-15-10-12-11-19(8-6-14(12)18-15)16(20)7-9-21-13-4-2-1-3-5-13/h1-5,10,18H,6-9,11H2. The number of nitrogens with zero attached hydrogens (tertiary/aromatic N) is 1. The van der Waals surface area contributed by atoms with E-state index in [4.69, 9.17) is 4.74 Å². The van der Waals surface area contributed by atoms with Crippen molar-refractivity contribution >= 4 is 21.8 Å². The van der Waals surface area contributed by atoms with Crippen LogP contribution >= 0.6 is 15.9 Å². The lowest BCUT2D eigenvalue weighted by Crippen LogP contribution is -2.36. The zero-order chi connectivity index (χ0) is 14.7. The number of aromatic amines is 1. The normalized spacial score (nSPS) is 13.9. The average molecular weight is 349 g/mol. The molecule has 1 aliphatic rings. The van der Waals surface area contributed by atoms with Crippen LogP contribution in [-0.2, 0) is 17.8 Å². The van der Waals surface area contributed by atoms with Gasteiger partial charge in [-0.05, 0) is 39.7 Å². The van der Waals surface area contributed by atoms with E-state index in [-0.39, 0.29) is 5.91 Å². The number of rotatable bonds is 4. The number of ether oxygens (including phenoxy) is 1. The quantitative estimate of drug-likeness (QED) is 0.922. The zero-order valence-corrected chi connectivity index (χ0v) is 13.2. The van der Waals surface area contributed by atoms with E-state index < -0.39 is 0 Å². The van der Waals surface area contributed by atoms with Crippen molar-refractivity contribution < 1.29 is 9.53 Å². The van der Waals surface area contributed by atoms with Crippen molar-refractivity contribution in [3.8, 4) is 5.75 Å². The van der Waals surface area contributed by atoms with Gasteiger partial charge in [-0.2, -0.15) is 0 Å². The number of hydrogen-bond acceptors (Lipinski definition) is 2. The first-order valence-corrected chi connectivity index (χ1v) is 7.83. The summed E-state index contributed by atoms with van der Waals surface area (Å²) in [4.78, 5) is 17.4. The predicted molar refractivity (Wildman–Crippen MR) is 84.2 cm³/mol. The number of H-pyrrole nitrogens is 1. The first kappa shape index (κ1) is 14.2. The summed E-state index contributed by atoms with van der Waals surface area (Å²) in [6.45, 7) is 1.87. The lowest BCUT2D eigenvalue weighted by atomic mass is 10.1. The Morgan fingerprint density at radius 2 is 2.14 bits per heavy atom. The lowest BCUT2D eigenvalue weighted by molar-refractivity contribution is -0.132. The minimum Gasteiger partial charge on any atom is -0.493 e. The van der Waals surface area contributed by atoms with Gasteiger partial charge in [-0.15, -0.1) is 0 Å². The summed E-state index contributed by atoms with van der Waals surface area (Å²) in [5.74, 6) is 0.953. The van der Waals surface area contributed by atoms with E-state index in [1.165, 1.54) is 11.3 Å². The summed E-state index contributed by atoms with van der Waals surface area (Å²) in [6, 6.07) is 11.6. The molecule has 0 atom stereocenters. The molecule has 0 aliphatic carbocycles. The van der Waals surface area contributed by atoms with Crippen molar-refractivity contribution in [2.75, 3.05) is 13.2 Å². The van der Waals surface area contributed by atoms with Crippen molar-refractivity contribution in [3.63, 3.8) is 0 Å². The van der Waals surface area contributed by atoms with Gasteiger partial charge in [0.25, 0.3) is 0 Å². The molecule has 0 unspecified atom stereocenters. The Morgan fingerprint density at radius 3 is 2.95 bits per heavy atom. The number of carbonyl (C=O) groups is 1. The summed E-state index contributed by atoms with van der Waals surface area (Å²) >= 11 is 3.44. The highest BCUT2D eigenvalue weighted by molar-refractivity contribution is 9.10. The Morgan fingerprint density at radius 1 is 1.33 bits per heavy atom. The third-order valence-electron chi connectivity index (χ3n) is 3.63. The van der Waals surface area contributed by atoms with E-state index in [0.29, 0.717) is 19.6 Å². The largest absolute Gasteiger partial charge is 0.493 e. The molecule has 2 aromatic rings. The van der Waals surface area contributed by atoms with Crippen LogP contribution in [0.1, 0.15) is 17.7 Å². The molecule has 1 aromatic carbocycles. The second-order valence-corrected chi connectivity index (χ2v) is 5.95. The maximum atomic E-state index is 12.2. The van der Waals surface area contributed by atoms with Crippen LogP contribution in [0.2, 0.25) is 0 Å². The van der Waals surface area contributed by atoms with Crippen LogP contribution in [0.3, 0.4) is 0 Å². The van der Waals surface area contributed by atoms with Crippen molar-refractivity contribution in [2.45, 2.75) is 19.4 Å². The van der Waals surface area contributed by atoms with Crippen molar-refractivity contribution in [1.29, 1.82) is 0 Å². The second kappa shape index (κ2) is 6.35. The smallest absolute Gasteiger partial charge is 0.226 e. The molecule has 0 radical (unpaired) electrons. The van der Waals surface area contributed by atoms with Gasteiger partial charge in [0.05, 0.1) is 17.6 Å². The van der Waals surface area contributed by atoms with E-state index in [9.17, 15) is 4.79 Å². The fourth-order valence-corrected chi connectivity index (χ4v) is 3.06.